The minimum atomic E-state index is -1.67. The molecule has 236 valence electrons. The van der Waals surface area contributed by atoms with E-state index < -0.39 is 8.80 Å². The molecule has 4 rings (SSSR count). The molecule has 0 N–H and O–H groups in total. The van der Waals surface area contributed by atoms with Crippen molar-refractivity contribution in [2.45, 2.75) is 110 Å². The third kappa shape index (κ3) is 8.45. The summed E-state index contributed by atoms with van der Waals surface area (Å²) in [6, 6.07) is 27.7. The Morgan fingerprint density at radius 2 is 0.932 bits per heavy atom. The van der Waals surface area contributed by atoms with Gasteiger partial charge in [0.25, 0.3) is 0 Å². The number of allylic oxidation sites excluding steroid dienone is 4. The van der Waals surface area contributed by atoms with E-state index in [9.17, 15) is 0 Å². The summed E-state index contributed by atoms with van der Waals surface area (Å²) in [5.41, 5.74) is 13.4. The van der Waals surface area contributed by atoms with Gasteiger partial charge in [-0.2, -0.15) is 0 Å². The SMILES string of the molecule is CC1=C(C)[C]([Ti+3])(C[SiH](c2cc(C(C)C)cc(C(C)C)c2)c2cc(C(C)C)cc(C(C)C)c2)C(c2ccccc2)=C1C.[Cl-].[Cl-].[Cl-]. The Bertz CT molecular complexity index is 1350. The number of benzene rings is 3. The quantitative estimate of drug-likeness (QED) is 0.293. The first-order chi connectivity index (χ1) is 19.2. The molecule has 0 spiro atoms. The number of hydrogen-bond donors (Lipinski definition) is 0. The molecule has 0 bridgehead atoms. The molecule has 0 saturated carbocycles. The third-order valence-corrected chi connectivity index (χ3v) is 14.8. The van der Waals surface area contributed by atoms with Gasteiger partial charge in [0.1, 0.15) is 0 Å². The number of hydrogen-bond acceptors (Lipinski definition) is 0. The second-order valence-electron chi connectivity index (χ2n) is 13.8. The van der Waals surface area contributed by atoms with Crippen LogP contribution in [0.15, 0.2) is 83.4 Å². The summed E-state index contributed by atoms with van der Waals surface area (Å²) in [6.07, 6.45) is 0. The molecule has 1 aliphatic rings. The van der Waals surface area contributed by atoms with Gasteiger partial charge in [0.15, 0.2) is 0 Å². The average molecular weight is 702 g/mol. The van der Waals surface area contributed by atoms with Gasteiger partial charge in [-0.15, -0.1) is 0 Å². The number of rotatable bonds is 9. The first kappa shape index (κ1) is 41.0. The maximum atomic E-state index is 2.59. The Kier molecular flexibility index (Phi) is 15.5. The molecule has 0 amide bonds. The molecule has 1 unspecified atom stereocenters. The van der Waals surface area contributed by atoms with Crippen molar-refractivity contribution < 1.29 is 57.7 Å². The van der Waals surface area contributed by atoms with Crippen molar-refractivity contribution in [2.24, 2.45) is 0 Å². The molecule has 0 radical (unpaired) electrons. The largest absolute Gasteiger partial charge is 1.00 e. The van der Waals surface area contributed by atoms with Crippen molar-refractivity contribution in [3.8, 4) is 0 Å². The Balaban J connectivity index is 0.00000323. The van der Waals surface area contributed by atoms with E-state index in [1.54, 1.807) is 21.5 Å². The minimum Gasteiger partial charge on any atom is -1.00 e. The minimum absolute atomic E-state index is 0. The Labute approximate surface area is 301 Å². The topological polar surface area (TPSA) is 0 Å². The van der Waals surface area contributed by atoms with Crippen LogP contribution in [0, 0.1) is 0 Å². The van der Waals surface area contributed by atoms with Gasteiger partial charge in [-0.3, -0.25) is 0 Å². The fourth-order valence-electron chi connectivity index (χ4n) is 6.49. The summed E-state index contributed by atoms with van der Waals surface area (Å²) in [5.74, 6) is 2.07. The van der Waals surface area contributed by atoms with Crippen molar-refractivity contribution >= 4 is 24.7 Å². The standard InChI is InChI=1S/C39H51Si.3ClH.Ti/c1-24(2)32-17-33(25(3)4)20-36(19-32)40(37-21-34(26(5)6)18-35(22-37)27(7)8)23-38-29(10)28(9)30(11)39(38)31-15-13-12-14-16-31;;;;/h12-22,24-27,40H,23H2,1-11H3;3*1H;/q;;;;+3/p-3. The molecule has 0 aromatic heterocycles. The number of halogens is 3. The van der Waals surface area contributed by atoms with Crippen LogP contribution >= 0.6 is 0 Å². The van der Waals surface area contributed by atoms with Crippen LogP contribution in [0.1, 0.15) is 128 Å². The fraction of sp³-hybridized carbons (Fsp3) is 0.436. The van der Waals surface area contributed by atoms with Crippen LogP contribution < -0.4 is 47.6 Å². The molecule has 0 nitrogen and oxygen atoms in total. The zero-order valence-corrected chi connectivity index (χ0v) is 33.6. The van der Waals surface area contributed by atoms with E-state index in [-0.39, 0.29) is 40.9 Å². The molecule has 0 aliphatic heterocycles. The van der Waals surface area contributed by atoms with Crippen molar-refractivity contribution in [1.29, 1.82) is 0 Å². The predicted molar refractivity (Wildman–Crippen MR) is 181 cm³/mol. The zero-order valence-electron chi connectivity index (χ0n) is 28.6. The summed E-state index contributed by atoms with van der Waals surface area (Å²) in [5, 5.41) is 3.22. The van der Waals surface area contributed by atoms with E-state index in [4.69, 9.17) is 0 Å². The van der Waals surface area contributed by atoms with Gasteiger partial charge >= 0.3 is 266 Å². The van der Waals surface area contributed by atoms with Crippen molar-refractivity contribution in [1.82, 2.24) is 0 Å². The third-order valence-electron chi connectivity index (χ3n) is 9.61. The van der Waals surface area contributed by atoms with Crippen molar-refractivity contribution in [3.63, 3.8) is 0 Å². The molecule has 44 heavy (non-hydrogen) atoms. The summed E-state index contributed by atoms with van der Waals surface area (Å²) < 4.78 is 0.00404. The Morgan fingerprint density at radius 3 is 1.27 bits per heavy atom. The van der Waals surface area contributed by atoms with Gasteiger partial charge in [0.2, 0.25) is 0 Å². The summed E-state index contributed by atoms with van der Waals surface area (Å²) >= 11 is 2.55. The molecule has 1 aliphatic carbocycles. The van der Waals surface area contributed by atoms with Gasteiger partial charge in [0.05, 0.1) is 0 Å². The molecule has 0 heterocycles. The van der Waals surface area contributed by atoms with Gasteiger partial charge in [-0.1, -0.05) is 0 Å². The first-order valence-corrected chi connectivity index (χ1v) is 18.5. The van der Waals surface area contributed by atoms with Crippen molar-refractivity contribution in [3.05, 3.63) is 111 Å². The molecule has 0 fully saturated rings. The Hall–Kier alpha value is -1.06. The average Bonchev–Trinajstić information content (AvgIpc) is 3.11. The van der Waals surface area contributed by atoms with Gasteiger partial charge in [0, 0.05) is 0 Å². The summed E-state index contributed by atoms with van der Waals surface area (Å²) in [4.78, 5) is 0. The summed E-state index contributed by atoms with van der Waals surface area (Å²) in [6.45, 7) is 25.9. The van der Waals surface area contributed by atoms with Gasteiger partial charge < -0.3 is 37.2 Å². The van der Waals surface area contributed by atoms with E-state index in [0.717, 1.165) is 0 Å². The van der Waals surface area contributed by atoms with E-state index in [0.29, 0.717) is 23.7 Å². The fourth-order valence-corrected chi connectivity index (χ4v) is 11.8. The van der Waals surface area contributed by atoms with Crippen LogP contribution in [0.5, 0.6) is 0 Å². The Morgan fingerprint density at radius 1 is 0.568 bits per heavy atom. The van der Waals surface area contributed by atoms with Crippen LogP contribution in [0.2, 0.25) is 9.76 Å². The van der Waals surface area contributed by atoms with E-state index >= 15 is 0 Å². The van der Waals surface area contributed by atoms with Crippen LogP contribution in [0.25, 0.3) is 5.57 Å². The van der Waals surface area contributed by atoms with Crippen LogP contribution in [-0.2, 0) is 20.4 Å². The molecular formula is C39H51Cl3SiTi. The van der Waals surface area contributed by atoms with E-state index in [2.05, 4.69) is 163 Å². The predicted octanol–water partition coefficient (Wildman–Crippen LogP) is 1.06. The molecule has 1 atom stereocenters. The second kappa shape index (κ2) is 16.7. The first-order valence-electron chi connectivity index (χ1n) is 15.7. The van der Waals surface area contributed by atoms with Crippen molar-refractivity contribution in [2.75, 3.05) is 0 Å². The van der Waals surface area contributed by atoms with Crippen LogP contribution in [-0.4, -0.2) is 8.80 Å². The van der Waals surface area contributed by atoms with Crippen LogP contribution in [0.4, 0.5) is 0 Å². The van der Waals surface area contributed by atoms with E-state index in [1.165, 1.54) is 45.0 Å². The van der Waals surface area contributed by atoms with Gasteiger partial charge in [-0.25, -0.2) is 0 Å². The maximum absolute atomic E-state index is 2.59. The smallest absolute Gasteiger partial charge is 1.00 e. The van der Waals surface area contributed by atoms with Gasteiger partial charge in [-0.05, 0) is 0 Å². The van der Waals surface area contributed by atoms with E-state index in [1.807, 2.05) is 0 Å². The molecule has 0 saturated heterocycles. The maximum Gasteiger partial charge on any atom is -1.00 e. The molecule has 3 aromatic carbocycles. The molecule has 5 heteroatoms. The second-order valence-corrected chi connectivity index (χ2v) is 17.9. The summed E-state index contributed by atoms with van der Waals surface area (Å²) in [7, 11) is -1.67. The molecular weight excluding hydrogens is 651 g/mol. The zero-order chi connectivity index (χ0) is 30.2. The monoisotopic (exact) mass is 700 g/mol. The molecule has 3 aromatic rings. The normalized spacial score (nSPS) is 16.7. The van der Waals surface area contributed by atoms with Crippen LogP contribution in [0.3, 0.4) is 0 Å².